The predicted octanol–water partition coefficient (Wildman–Crippen LogP) is 1.89. The van der Waals surface area contributed by atoms with Crippen LogP contribution in [0.3, 0.4) is 0 Å². The van der Waals surface area contributed by atoms with Crippen molar-refractivity contribution in [3.8, 4) is 0 Å². The third-order valence-corrected chi connectivity index (χ3v) is 3.29. The number of nitrogens with two attached hydrogens (primary N) is 1. The van der Waals surface area contributed by atoms with Crippen LogP contribution in [0.2, 0.25) is 5.02 Å². The maximum atomic E-state index is 11.9. The first-order chi connectivity index (χ1) is 8.60. The fourth-order valence-electron chi connectivity index (χ4n) is 1.86. The number of esters is 1. The third-order valence-electron chi connectivity index (χ3n) is 3.05. The van der Waals surface area contributed by atoms with E-state index in [1.807, 2.05) is 12.1 Å². The molecule has 0 saturated carbocycles. The van der Waals surface area contributed by atoms with Gasteiger partial charge in [-0.3, -0.25) is 4.79 Å². The highest BCUT2D eigenvalue weighted by molar-refractivity contribution is 6.30. The lowest BCUT2D eigenvalue weighted by atomic mass is 9.92. The van der Waals surface area contributed by atoms with Crippen LogP contribution in [-0.4, -0.2) is 24.7 Å². The Morgan fingerprint density at radius 1 is 1.44 bits per heavy atom. The first kappa shape index (κ1) is 13.3. The quantitative estimate of drug-likeness (QED) is 0.852. The lowest BCUT2D eigenvalue weighted by Crippen LogP contribution is -2.52. The Morgan fingerprint density at radius 3 is 2.83 bits per heavy atom. The van der Waals surface area contributed by atoms with Crippen molar-refractivity contribution in [1.82, 2.24) is 0 Å². The van der Waals surface area contributed by atoms with Crippen molar-refractivity contribution in [2.24, 2.45) is 5.73 Å². The standard InChI is InChI=1S/C13H16ClNO3/c14-11-3-1-2-10(8-11)9-18-12(16)13(15)4-6-17-7-5-13/h1-3,8H,4-7,9,15H2. The Kier molecular flexibility index (Phi) is 4.22. The maximum absolute atomic E-state index is 11.9. The second-order valence-corrected chi connectivity index (χ2v) is 4.91. The number of hydrogen-bond acceptors (Lipinski definition) is 4. The van der Waals surface area contributed by atoms with Gasteiger partial charge >= 0.3 is 5.97 Å². The van der Waals surface area contributed by atoms with E-state index in [0.717, 1.165) is 5.56 Å². The molecule has 1 aliphatic heterocycles. The van der Waals surface area contributed by atoms with Gasteiger partial charge in [-0.05, 0) is 30.5 Å². The minimum absolute atomic E-state index is 0.194. The van der Waals surface area contributed by atoms with Gasteiger partial charge in [-0.1, -0.05) is 23.7 Å². The normalized spacial score (nSPS) is 18.3. The second-order valence-electron chi connectivity index (χ2n) is 4.47. The molecule has 1 aromatic carbocycles. The summed E-state index contributed by atoms with van der Waals surface area (Å²) in [5.41, 5.74) is 5.96. The lowest BCUT2D eigenvalue weighted by Gasteiger charge is -2.30. The topological polar surface area (TPSA) is 61.6 Å². The summed E-state index contributed by atoms with van der Waals surface area (Å²) in [5, 5.41) is 0.622. The summed E-state index contributed by atoms with van der Waals surface area (Å²) >= 11 is 5.85. The van der Waals surface area contributed by atoms with Crippen LogP contribution < -0.4 is 5.73 Å². The van der Waals surface area contributed by atoms with Crippen LogP contribution >= 0.6 is 11.6 Å². The van der Waals surface area contributed by atoms with Crippen LogP contribution in [-0.2, 0) is 20.9 Å². The van der Waals surface area contributed by atoms with Crippen molar-refractivity contribution in [3.63, 3.8) is 0 Å². The van der Waals surface area contributed by atoms with Crippen molar-refractivity contribution in [2.45, 2.75) is 25.0 Å². The zero-order valence-corrected chi connectivity index (χ0v) is 10.8. The van der Waals surface area contributed by atoms with Crippen LogP contribution in [0.4, 0.5) is 0 Å². The number of carbonyl (C=O) groups excluding carboxylic acids is 1. The largest absolute Gasteiger partial charge is 0.459 e. The SMILES string of the molecule is NC1(C(=O)OCc2cccc(Cl)c2)CCOCC1. The Morgan fingerprint density at radius 2 is 2.17 bits per heavy atom. The number of benzene rings is 1. The van der Waals surface area contributed by atoms with Gasteiger partial charge in [-0.2, -0.15) is 0 Å². The monoisotopic (exact) mass is 269 g/mol. The average Bonchev–Trinajstić information content (AvgIpc) is 2.37. The van der Waals surface area contributed by atoms with Gasteiger partial charge in [0.2, 0.25) is 0 Å². The van der Waals surface area contributed by atoms with E-state index in [0.29, 0.717) is 31.1 Å². The molecule has 18 heavy (non-hydrogen) atoms. The molecule has 5 heteroatoms. The van der Waals surface area contributed by atoms with Crippen LogP contribution in [0.1, 0.15) is 18.4 Å². The summed E-state index contributed by atoms with van der Waals surface area (Å²) in [7, 11) is 0. The van der Waals surface area contributed by atoms with Crippen molar-refractivity contribution in [3.05, 3.63) is 34.9 Å². The highest BCUT2D eigenvalue weighted by Crippen LogP contribution is 2.20. The number of hydrogen-bond donors (Lipinski definition) is 1. The molecule has 0 unspecified atom stereocenters. The molecule has 0 spiro atoms. The number of rotatable bonds is 3. The molecule has 1 aliphatic rings. The fraction of sp³-hybridized carbons (Fsp3) is 0.462. The molecular weight excluding hydrogens is 254 g/mol. The lowest BCUT2D eigenvalue weighted by molar-refractivity contribution is -0.155. The van der Waals surface area contributed by atoms with Crippen molar-refractivity contribution < 1.29 is 14.3 Å². The van der Waals surface area contributed by atoms with E-state index in [9.17, 15) is 4.79 Å². The van der Waals surface area contributed by atoms with E-state index in [1.54, 1.807) is 12.1 Å². The molecule has 0 bridgehead atoms. The summed E-state index contributed by atoms with van der Waals surface area (Å²) in [6.07, 6.45) is 1.00. The van der Waals surface area contributed by atoms with Gasteiger partial charge in [0.15, 0.2) is 0 Å². The Balaban J connectivity index is 1.91. The molecule has 0 aliphatic carbocycles. The summed E-state index contributed by atoms with van der Waals surface area (Å²) in [6.45, 7) is 1.20. The molecule has 98 valence electrons. The molecule has 1 saturated heterocycles. The van der Waals surface area contributed by atoms with Crippen molar-refractivity contribution in [1.29, 1.82) is 0 Å². The molecule has 0 radical (unpaired) electrons. The van der Waals surface area contributed by atoms with Crippen LogP contribution in [0.25, 0.3) is 0 Å². The first-order valence-electron chi connectivity index (χ1n) is 5.88. The molecule has 0 atom stereocenters. The van der Waals surface area contributed by atoms with E-state index in [1.165, 1.54) is 0 Å². The van der Waals surface area contributed by atoms with Crippen molar-refractivity contribution >= 4 is 17.6 Å². The smallest absolute Gasteiger partial charge is 0.326 e. The van der Waals surface area contributed by atoms with Gasteiger partial charge in [-0.25, -0.2) is 0 Å². The Bertz CT molecular complexity index is 430. The summed E-state index contributed by atoms with van der Waals surface area (Å²) < 4.78 is 10.4. The van der Waals surface area contributed by atoms with E-state index >= 15 is 0 Å². The zero-order chi connectivity index (χ0) is 13.0. The molecule has 1 aromatic rings. The predicted molar refractivity (Wildman–Crippen MR) is 68.2 cm³/mol. The van der Waals surface area contributed by atoms with Crippen LogP contribution in [0, 0.1) is 0 Å². The maximum Gasteiger partial charge on any atom is 0.326 e. The molecule has 1 heterocycles. The number of halogens is 1. The highest BCUT2D eigenvalue weighted by atomic mass is 35.5. The van der Waals surface area contributed by atoms with Gasteiger partial charge in [0.1, 0.15) is 12.1 Å². The van der Waals surface area contributed by atoms with E-state index in [4.69, 9.17) is 26.8 Å². The fourth-order valence-corrected chi connectivity index (χ4v) is 2.07. The molecule has 2 N–H and O–H groups in total. The summed E-state index contributed by atoms with van der Waals surface area (Å²) in [6, 6.07) is 7.21. The Labute approximate surface area is 111 Å². The molecule has 0 aromatic heterocycles. The minimum Gasteiger partial charge on any atom is -0.459 e. The van der Waals surface area contributed by atoms with Crippen molar-refractivity contribution in [2.75, 3.05) is 13.2 Å². The molecule has 2 rings (SSSR count). The average molecular weight is 270 g/mol. The third kappa shape index (κ3) is 3.22. The van der Waals surface area contributed by atoms with Gasteiger partial charge in [0.05, 0.1) is 0 Å². The van der Waals surface area contributed by atoms with Crippen LogP contribution in [0.15, 0.2) is 24.3 Å². The number of carbonyl (C=O) groups is 1. The van der Waals surface area contributed by atoms with Gasteiger partial charge in [-0.15, -0.1) is 0 Å². The second kappa shape index (κ2) is 5.69. The highest BCUT2D eigenvalue weighted by Gasteiger charge is 2.37. The molecule has 4 nitrogen and oxygen atoms in total. The zero-order valence-electron chi connectivity index (χ0n) is 10.0. The van der Waals surface area contributed by atoms with Crippen LogP contribution in [0.5, 0.6) is 0 Å². The molecule has 0 amide bonds. The Hall–Kier alpha value is -1.10. The summed E-state index contributed by atoms with van der Waals surface area (Å²) in [4.78, 5) is 11.9. The van der Waals surface area contributed by atoms with E-state index in [-0.39, 0.29) is 12.6 Å². The van der Waals surface area contributed by atoms with Gasteiger partial charge < -0.3 is 15.2 Å². The summed E-state index contributed by atoms with van der Waals surface area (Å²) in [5.74, 6) is -0.370. The number of ether oxygens (including phenoxy) is 2. The first-order valence-corrected chi connectivity index (χ1v) is 6.26. The minimum atomic E-state index is -0.906. The van der Waals surface area contributed by atoms with E-state index < -0.39 is 5.54 Å². The van der Waals surface area contributed by atoms with Gasteiger partial charge in [0, 0.05) is 18.2 Å². The van der Waals surface area contributed by atoms with E-state index in [2.05, 4.69) is 0 Å². The molecule has 1 fully saturated rings. The van der Waals surface area contributed by atoms with Gasteiger partial charge in [0.25, 0.3) is 0 Å². The molecular formula is C13H16ClNO3.